The molecule has 2 aliphatic rings. The van der Waals surface area contributed by atoms with Crippen LogP contribution in [-0.2, 0) is 16.0 Å². The number of carbonyl (C=O) groups excluding carboxylic acids is 1. The Hall–Kier alpha value is -3.26. The van der Waals surface area contributed by atoms with E-state index in [4.69, 9.17) is 20.5 Å². The number of carbonyl (C=O) groups is 1. The molecule has 0 fully saturated rings. The molecule has 1 atom stereocenters. The van der Waals surface area contributed by atoms with Gasteiger partial charge in [-0.25, -0.2) is 4.99 Å². The molecule has 0 aromatic heterocycles. The highest BCUT2D eigenvalue weighted by molar-refractivity contribution is 6.07. The van der Waals surface area contributed by atoms with Crippen LogP contribution in [0, 0.1) is 6.92 Å². The number of methoxy groups -OCH3 is 1. The van der Waals surface area contributed by atoms with Crippen LogP contribution in [-0.4, -0.2) is 81.5 Å². The highest BCUT2D eigenvalue weighted by Crippen LogP contribution is 2.39. The summed E-state index contributed by atoms with van der Waals surface area (Å²) >= 11 is 0. The highest BCUT2D eigenvalue weighted by atomic mass is 16.5. The second kappa shape index (κ2) is 13.3. The summed E-state index contributed by atoms with van der Waals surface area (Å²) in [7, 11) is 5.02. The standard InChI is InChI=1S/C29H42N6O2/c1-7-23-20(2)10-8-11-24(23)21-12-13-25(27(16-21)31-3)28(33-19-37-6)35-15-9-14-32-22(18-35)17-26(30)29(36)34(4)5/h8,10-11,17,21H,3,7,9,12-16,18-19,30H2,1-2,4-6H3/b26-17-,33-28+. The van der Waals surface area contributed by atoms with Crippen LogP contribution in [0.1, 0.15) is 55.2 Å². The molecule has 0 radical (unpaired) electrons. The number of aliphatic imine (C=N–C) groups is 3. The molecule has 3 rings (SSSR count). The summed E-state index contributed by atoms with van der Waals surface area (Å²) in [5, 5.41) is 0. The summed E-state index contributed by atoms with van der Waals surface area (Å²) in [6.45, 7) is 10.6. The molecule has 0 saturated heterocycles. The minimum Gasteiger partial charge on any atom is -0.394 e. The third-order valence-corrected chi connectivity index (χ3v) is 7.10. The van der Waals surface area contributed by atoms with Crippen molar-refractivity contribution < 1.29 is 9.53 Å². The first-order valence-corrected chi connectivity index (χ1v) is 13.1. The average Bonchev–Trinajstić information content (AvgIpc) is 3.13. The average molecular weight is 507 g/mol. The molecule has 1 aliphatic heterocycles. The summed E-state index contributed by atoms with van der Waals surface area (Å²) in [6, 6.07) is 6.62. The Morgan fingerprint density at radius 2 is 2.16 bits per heavy atom. The number of rotatable bonds is 8. The lowest BCUT2D eigenvalue weighted by molar-refractivity contribution is -0.124. The van der Waals surface area contributed by atoms with Gasteiger partial charge in [-0.1, -0.05) is 25.1 Å². The van der Waals surface area contributed by atoms with Crippen LogP contribution in [0.15, 0.2) is 56.2 Å². The first-order chi connectivity index (χ1) is 17.8. The topological polar surface area (TPSA) is 95.9 Å². The fraction of sp³-hybridized carbons (Fsp3) is 0.517. The van der Waals surface area contributed by atoms with Gasteiger partial charge in [-0.3, -0.25) is 14.8 Å². The van der Waals surface area contributed by atoms with Gasteiger partial charge < -0.3 is 20.3 Å². The summed E-state index contributed by atoms with van der Waals surface area (Å²) in [5.74, 6) is 1.06. The van der Waals surface area contributed by atoms with Gasteiger partial charge in [-0.05, 0) is 74.4 Å². The van der Waals surface area contributed by atoms with Crippen molar-refractivity contribution in [3.8, 4) is 0 Å². The van der Waals surface area contributed by atoms with E-state index in [1.165, 1.54) is 21.6 Å². The molecule has 0 saturated carbocycles. The van der Waals surface area contributed by atoms with E-state index in [1.807, 2.05) is 0 Å². The summed E-state index contributed by atoms with van der Waals surface area (Å²) in [6.07, 6.45) is 6.31. The van der Waals surface area contributed by atoms with Gasteiger partial charge in [0.2, 0.25) is 0 Å². The smallest absolute Gasteiger partial charge is 0.269 e. The predicted molar refractivity (Wildman–Crippen MR) is 152 cm³/mol. The fourth-order valence-electron chi connectivity index (χ4n) is 5.27. The first-order valence-electron chi connectivity index (χ1n) is 13.1. The van der Waals surface area contributed by atoms with E-state index in [2.05, 4.69) is 48.7 Å². The minimum absolute atomic E-state index is 0.180. The van der Waals surface area contributed by atoms with Crippen molar-refractivity contribution in [1.82, 2.24) is 9.80 Å². The van der Waals surface area contributed by atoms with Gasteiger partial charge in [0.05, 0.1) is 18.0 Å². The van der Waals surface area contributed by atoms with Crippen molar-refractivity contribution in [3.05, 3.63) is 57.9 Å². The van der Waals surface area contributed by atoms with E-state index in [-0.39, 0.29) is 18.3 Å². The maximum absolute atomic E-state index is 12.3. The molecule has 8 nitrogen and oxygen atoms in total. The monoisotopic (exact) mass is 506 g/mol. The molecule has 2 N–H and O–H groups in total. The molecule has 1 aromatic rings. The Morgan fingerprint density at radius 3 is 2.84 bits per heavy atom. The zero-order valence-corrected chi connectivity index (χ0v) is 23.1. The van der Waals surface area contributed by atoms with Crippen LogP contribution in [0.3, 0.4) is 0 Å². The molecule has 1 unspecified atom stereocenters. The molecule has 0 bridgehead atoms. The maximum Gasteiger partial charge on any atom is 0.269 e. The second-order valence-electron chi connectivity index (χ2n) is 9.87. The molecule has 0 spiro atoms. The predicted octanol–water partition coefficient (Wildman–Crippen LogP) is 3.86. The molecule has 1 heterocycles. The molecule has 8 heteroatoms. The summed E-state index contributed by atoms with van der Waals surface area (Å²) < 4.78 is 5.34. The van der Waals surface area contributed by atoms with Crippen molar-refractivity contribution in [2.24, 2.45) is 20.7 Å². The molecular weight excluding hydrogens is 464 g/mol. The number of benzene rings is 1. The largest absolute Gasteiger partial charge is 0.394 e. The van der Waals surface area contributed by atoms with E-state index in [1.54, 1.807) is 27.3 Å². The molecule has 1 amide bonds. The van der Waals surface area contributed by atoms with Crippen LogP contribution in [0.5, 0.6) is 0 Å². The zero-order chi connectivity index (χ0) is 26.9. The maximum atomic E-state index is 12.3. The summed E-state index contributed by atoms with van der Waals surface area (Å²) in [4.78, 5) is 30.0. The van der Waals surface area contributed by atoms with Crippen LogP contribution >= 0.6 is 0 Å². The van der Waals surface area contributed by atoms with E-state index >= 15 is 0 Å². The number of amides is 1. The number of hydrogen-bond acceptors (Lipinski definition) is 6. The second-order valence-corrected chi connectivity index (χ2v) is 9.87. The number of ether oxygens (including phenoxy) is 1. The number of amidine groups is 1. The normalized spacial score (nSPS) is 19.4. The van der Waals surface area contributed by atoms with Crippen LogP contribution in [0.25, 0.3) is 0 Å². The van der Waals surface area contributed by atoms with Gasteiger partial charge in [0.25, 0.3) is 5.91 Å². The summed E-state index contributed by atoms with van der Waals surface area (Å²) in [5.41, 5.74) is 13.4. The van der Waals surface area contributed by atoms with Crippen molar-refractivity contribution in [1.29, 1.82) is 0 Å². The first kappa shape index (κ1) is 28.3. The van der Waals surface area contributed by atoms with E-state index in [0.29, 0.717) is 19.0 Å². The minimum atomic E-state index is -0.228. The van der Waals surface area contributed by atoms with Crippen molar-refractivity contribution in [2.45, 2.75) is 51.9 Å². The SMILES string of the molecule is C=NC1=C(/C(=N\COC)N2CCCN=C(/C=C(\N)C(=O)N(C)C)C2)CCC(c2cccc(C)c2CC)C1. The lowest BCUT2D eigenvalue weighted by Gasteiger charge is -2.32. The molecule has 200 valence electrons. The van der Waals surface area contributed by atoms with E-state index < -0.39 is 0 Å². The third kappa shape index (κ3) is 6.95. The van der Waals surface area contributed by atoms with Gasteiger partial charge in [0, 0.05) is 45.6 Å². The van der Waals surface area contributed by atoms with Gasteiger partial charge in [-0.15, -0.1) is 0 Å². The van der Waals surface area contributed by atoms with E-state index in [0.717, 1.165) is 61.5 Å². The highest BCUT2D eigenvalue weighted by Gasteiger charge is 2.29. The lowest BCUT2D eigenvalue weighted by atomic mass is 9.79. The van der Waals surface area contributed by atoms with Gasteiger partial charge in [0.15, 0.2) is 0 Å². The Balaban J connectivity index is 1.93. The quantitative estimate of drug-likeness (QED) is 0.329. The van der Waals surface area contributed by atoms with Crippen LogP contribution < -0.4 is 5.73 Å². The van der Waals surface area contributed by atoms with Crippen molar-refractivity contribution >= 4 is 24.2 Å². The Labute approximate surface area is 221 Å². The number of aryl methyl sites for hydroxylation is 1. The van der Waals surface area contributed by atoms with Crippen molar-refractivity contribution in [2.75, 3.05) is 47.6 Å². The van der Waals surface area contributed by atoms with E-state index in [9.17, 15) is 4.79 Å². The molecule has 1 aromatic carbocycles. The van der Waals surface area contributed by atoms with Crippen molar-refractivity contribution in [3.63, 3.8) is 0 Å². The van der Waals surface area contributed by atoms with Crippen LogP contribution in [0.2, 0.25) is 0 Å². The Morgan fingerprint density at radius 1 is 1.38 bits per heavy atom. The van der Waals surface area contributed by atoms with Gasteiger partial charge in [-0.2, -0.15) is 0 Å². The molecule has 37 heavy (non-hydrogen) atoms. The molecular formula is C29H42N6O2. The fourth-order valence-corrected chi connectivity index (χ4v) is 5.27. The van der Waals surface area contributed by atoms with Gasteiger partial charge >= 0.3 is 0 Å². The number of allylic oxidation sites excluding steroid dienone is 1. The van der Waals surface area contributed by atoms with Gasteiger partial charge in [0.1, 0.15) is 12.6 Å². The Kier molecular flexibility index (Phi) is 10.2. The van der Waals surface area contributed by atoms with Crippen LogP contribution in [0.4, 0.5) is 0 Å². The number of nitrogens with two attached hydrogens (primary N) is 1. The number of likely N-dealkylation sites (N-methyl/N-ethyl adjacent to an activating group) is 1. The zero-order valence-electron chi connectivity index (χ0n) is 23.1. The molecule has 1 aliphatic carbocycles. The third-order valence-electron chi connectivity index (χ3n) is 7.10. The number of nitrogens with zero attached hydrogens (tertiary/aromatic N) is 5. The Bertz CT molecular complexity index is 1120. The lowest BCUT2D eigenvalue weighted by Crippen LogP contribution is -2.38. The number of hydrogen-bond donors (Lipinski definition) is 1.